The molecule has 1 amide bonds. The first-order chi connectivity index (χ1) is 15.8. The molecule has 1 aromatic heterocycles. The third-order valence-corrected chi connectivity index (χ3v) is 6.38. The first-order valence-corrected chi connectivity index (χ1v) is 11.0. The lowest BCUT2D eigenvalue weighted by Crippen LogP contribution is -2.36. The third-order valence-electron chi connectivity index (χ3n) is 6.38. The van der Waals surface area contributed by atoms with Crippen molar-refractivity contribution in [2.24, 2.45) is 5.10 Å². The summed E-state index contributed by atoms with van der Waals surface area (Å²) in [4.78, 5) is 40.0. The molecule has 10 heteroatoms. The van der Waals surface area contributed by atoms with E-state index in [2.05, 4.69) is 10.1 Å². The van der Waals surface area contributed by atoms with Gasteiger partial charge in [0.1, 0.15) is 17.1 Å². The number of hydrogen-bond acceptors (Lipinski definition) is 7. The molecule has 1 aromatic carbocycles. The third kappa shape index (κ3) is 4.12. The lowest BCUT2D eigenvalue weighted by molar-refractivity contribution is -0.130. The molecule has 0 spiro atoms. The van der Waals surface area contributed by atoms with E-state index < -0.39 is 23.2 Å². The lowest BCUT2D eigenvalue weighted by Gasteiger charge is -2.25. The van der Waals surface area contributed by atoms with E-state index in [4.69, 9.17) is 9.47 Å². The highest BCUT2D eigenvalue weighted by atomic mass is 16.5. The van der Waals surface area contributed by atoms with E-state index in [9.17, 15) is 19.5 Å². The van der Waals surface area contributed by atoms with Crippen molar-refractivity contribution in [3.8, 4) is 17.4 Å². The number of amides is 1. The number of carbonyl (C=O) groups excluding carboxylic acids is 1. The first-order valence-electron chi connectivity index (χ1n) is 11.0. The zero-order valence-electron chi connectivity index (χ0n) is 19.0. The number of methoxy groups -OCH3 is 2. The predicted molar refractivity (Wildman–Crippen MR) is 121 cm³/mol. The minimum Gasteiger partial charge on any atom is -0.497 e. The summed E-state index contributed by atoms with van der Waals surface area (Å²) in [5.74, 6) is 0.370. The van der Waals surface area contributed by atoms with Gasteiger partial charge in [0.05, 0.1) is 26.0 Å². The number of ether oxygens (including phenoxy) is 2. The number of aromatic amines is 1. The normalized spacial score (nSPS) is 18.8. The van der Waals surface area contributed by atoms with Crippen molar-refractivity contribution < 1.29 is 19.4 Å². The van der Waals surface area contributed by atoms with Crippen molar-refractivity contribution in [3.63, 3.8) is 0 Å². The number of hydrogen-bond donors (Lipinski definition) is 2. The first kappa shape index (κ1) is 22.6. The second-order valence-electron chi connectivity index (χ2n) is 8.36. The Bertz CT molecular complexity index is 1210. The van der Waals surface area contributed by atoms with Gasteiger partial charge in [-0.05, 0) is 25.0 Å². The smallest absolute Gasteiger partial charge is 0.331 e. The van der Waals surface area contributed by atoms with Crippen LogP contribution in [0, 0.1) is 0 Å². The van der Waals surface area contributed by atoms with E-state index in [-0.39, 0.29) is 29.6 Å². The molecule has 1 atom stereocenters. The van der Waals surface area contributed by atoms with Gasteiger partial charge in [-0.25, -0.2) is 9.80 Å². The fourth-order valence-electron chi connectivity index (χ4n) is 4.76. The summed E-state index contributed by atoms with van der Waals surface area (Å²) in [5.41, 5.74) is -0.528. The summed E-state index contributed by atoms with van der Waals surface area (Å²) in [6, 6.07) is 4.50. The van der Waals surface area contributed by atoms with Crippen LogP contribution >= 0.6 is 0 Å². The summed E-state index contributed by atoms with van der Waals surface area (Å²) < 4.78 is 12.0. The molecule has 4 rings (SSSR count). The molecule has 33 heavy (non-hydrogen) atoms. The van der Waals surface area contributed by atoms with Gasteiger partial charge in [0.15, 0.2) is 0 Å². The molecule has 10 nitrogen and oxygen atoms in total. The van der Waals surface area contributed by atoms with Gasteiger partial charge in [0, 0.05) is 31.0 Å². The van der Waals surface area contributed by atoms with Crippen LogP contribution in [0.1, 0.15) is 68.7 Å². The number of rotatable bonds is 5. The number of hydrazone groups is 1. The number of carbonyl (C=O) groups is 1. The Morgan fingerprint density at radius 2 is 1.88 bits per heavy atom. The van der Waals surface area contributed by atoms with Crippen molar-refractivity contribution in [1.29, 1.82) is 0 Å². The van der Waals surface area contributed by atoms with Gasteiger partial charge in [0.25, 0.3) is 5.56 Å². The van der Waals surface area contributed by atoms with Gasteiger partial charge in [-0.1, -0.05) is 19.3 Å². The number of aromatic hydroxyl groups is 1. The van der Waals surface area contributed by atoms with Gasteiger partial charge < -0.3 is 14.6 Å². The average Bonchev–Trinajstić information content (AvgIpc) is 3.24. The van der Waals surface area contributed by atoms with Gasteiger partial charge in [0.2, 0.25) is 11.8 Å². The minimum absolute atomic E-state index is 0.0820. The maximum absolute atomic E-state index is 12.8. The molecule has 0 radical (unpaired) electrons. The molecule has 2 heterocycles. The Labute approximate surface area is 190 Å². The monoisotopic (exact) mass is 456 g/mol. The Kier molecular flexibility index (Phi) is 6.26. The number of nitrogens with one attached hydrogen (secondary N) is 1. The number of nitrogens with zero attached hydrogens (tertiary/aromatic N) is 3. The molecule has 2 aliphatic rings. The van der Waals surface area contributed by atoms with Gasteiger partial charge in [-0.15, -0.1) is 0 Å². The van der Waals surface area contributed by atoms with E-state index in [1.54, 1.807) is 25.3 Å². The molecule has 0 bridgehead atoms. The molecule has 1 aliphatic heterocycles. The second-order valence-corrected chi connectivity index (χ2v) is 8.36. The van der Waals surface area contributed by atoms with Crippen molar-refractivity contribution in [1.82, 2.24) is 14.6 Å². The predicted octanol–water partition coefficient (Wildman–Crippen LogP) is 2.46. The van der Waals surface area contributed by atoms with Crippen LogP contribution in [0.4, 0.5) is 0 Å². The summed E-state index contributed by atoms with van der Waals surface area (Å²) >= 11 is 0. The van der Waals surface area contributed by atoms with Gasteiger partial charge in [-0.3, -0.25) is 19.1 Å². The van der Waals surface area contributed by atoms with Crippen molar-refractivity contribution in [3.05, 3.63) is 50.2 Å². The van der Waals surface area contributed by atoms with E-state index in [0.717, 1.165) is 32.1 Å². The Balaban J connectivity index is 1.78. The number of aromatic nitrogens is 2. The van der Waals surface area contributed by atoms with Crippen LogP contribution in [-0.4, -0.2) is 45.5 Å². The molecule has 0 saturated heterocycles. The number of benzene rings is 1. The Morgan fingerprint density at radius 3 is 2.52 bits per heavy atom. The maximum Gasteiger partial charge on any atom is 0.331 e. The molecule has 2 N–H and O–H groups in total. The van der Waals surface area contributed by atoms with E-state index in [1.807, 2.05) is 0 Å². The van der Waals surface area contributed by atoms with Crippen LogP contribution in [-0.2, 0) is 4.79 Å². The molecule has 2 aromatic rings. The lowest BCUT2D eigenvalue weighted by atomic mass is 9.94. The van der Waals surface area contributed by atoms with Crippen LogP contribution in [0.15, 0.2) is 32.9 Å². The summed E-state index contributed by atoms with van der Waals surface area (Å²) in [6.07, 6.45) is 4.63. The topological polar surface area (TPSA) is 126 Å². The second kappa shape index (κ2) is 9.13. The molecule has 1 saturated carbocycles. The van der Waals surface area contributed by atoms with Crippen LogP contribution in [0.5, 0.6) is 17.4 Å². The van der Waals surface area contributed by atoms with Gasteiger partial charge >= 0.3 is 5.69 Å². The van der Waals surface area contributed by atoms with Crippen LogP contribution in [0.25, 0.3) is 0 Å². The Morgan fingerprint density at radius 1 is 1.15 bits per heavy atom. The van der Waals surface area contributed by atoms with Gasteiger partial charge in [-0.2, -0.15) is 5.10 Å². The highest BCUT2D eigenvalue weighted by molar-refractivity contribution is 6.04. The molecular weight excluding hydrogens is 428 g/mol. The fraction of sp³-hybridized carbons (Fsp3) is 0.478. The molecule has 0 unspecified atom stereocenters. The molecular formula is C23H28N4O6. The van der Waals surface area contributed by atoms with Crippen LogP contribution < -0.4 is 20.7 Å². The summed E-state index contributed by atoms with van der Waals surface area (Å²) in [6.45, 7) is 1.38. The van der Waals surface area contributed by atoms with Crippen LogP contribution in [0.3, 0.4) is 0 Å². The summed E-state index contributed by atoms with van der Waals surface area (Å²) in [5, 5.41) is 16.7. The fourth-order valence-corrected chi connectivity index (χ4v) is 4.76. The SMILES string of the molecule is COc1ccc([C@@H]2CC(c3c(O)n(C4CCCCC4)c(=O)[nH]c3=O)=NN2C(C)=O)c(OC)c1. The quantitative estimate of drug-likeness (QED) is 0.712. The largest absolute Gasteiger partial charge is 0.497 e. The highest BCUT2D eigenvalue weighted by Crippen LogP contribution is 2.40. The van der Waals surface area contributed by atoms with E-state index in [1.165, 1.54) is 23.6 Å². The summed E-state index contributed by atoms with van der Waals surface area (Å²) in [7, 11) is 3.06. The van der Waals surface area contributed by atoms with Crippen molar-refractivity contribution in [2.75, 3.05) is 14.2 Å². The Hall–Kier alpha value is -3.56. The van der Waals surface area contributed by atoms with E-state index in [0.29, 0.717) is 17.1 Å². The average molecular weight is 456 g/mol. The molecule has 1 aliphatic carbocycles. The van der Waals surface area contributed by atoms with E-state index >= 15 is 0 Å². The van der Waals surface area contributed by atoms with Crippen LogP contribution in [0.2, 0.25) is 0 Å². The zero-order valence-corrected chi connectivity index (χ0v) is 19.0. The highest BCUT2D eigenvalue weighted by Gasteiger charge is 2.36. The number of H-pyrrole nitrogens is 1. The minimum atomic E-state index is -0.728. The standard InChI is InChI=1S/C23H28N4O6/c1-13(28)27-18(16-10-9-15(32-2)11-19(16)33-3)12-17(25-27)20-21(29)24-23(31)26(22(20)30)14-7-5-4-6-8-14/h9-11,14,18,30H,4-8,12H2,1-3H3,(H,24,29,31)/t18-/m0/s1. The van der Waals surface area contributed by atoms with Crippen molar-refractivity contribution >= 4 is 11.6 Å². The molecule has 176 valence electrons. The van der Waals surface area contributed by atoms with Crippen molar-refractivity contribution in [2.45, 2.75) is 57.5 Å². The zero-order chi connectivity index (χ0) is 23.7. The maximum atomic E-state index is 12.8. The molecule has 1 fully saturated rings.